The van der Waals surface area contributed by atoms with Crippen molar-refractivity contribution in [2.75, 3.05) is 6.54 Å². The summed E-state index contributed by atoms with van der Waals surface area (Å²) >= 11 is 0. The summed E-state index contributed by atoms with van der Waals surface area (Å²) in [5.41, 5.74) is -0.135. The van der Waals surface area contributed by atoms with Crippen LogP contribution in [0.1, 0.15) is 24.2 Å². The predicted octanol–water partition coefficient (Wildman–Crippen LogP) is 0.683. The lowest BCUT2D eigenvalue weighted by Gasteiger charge is -2.12. The zero-order chi connectivity index (χ0) is 14.6. The molecule has 104 valence electrons. The van der Waals surface area contributed by atoms with Gasteiger partial charge >= 0.3 is 5.97 Å². The fraction of sp³-hybridized carbons (Fsp3) is 0.333. The van der Waals surface area contributed by atoms with Gasteiger partial charge in [-0.2, -0.15) is 0 Å². The molecule has 0 heterocycles. The molecule has 1 rings (SSSR count). The van der Waals surface area contributed by atoms with E-state index in [1.165, 1.54) is 25.1 Å². The summed E-state index contributed by atoms with van der Waals surface area (Å²) in [6.45, 7) is 3.28. The maximum Gasteiger partial charge on any atom is 0.335 e. The number of rotatable bonds is 5. The van der Waals surface area contributed by atoms with Gasteiger partial charge in [0, 0.05) is 6.54 Å². The SMILES string of the molecule is CCNC(=O)C(C)S(=O)(=O)c1cccc(C(=O)O)c1. The molecule has 0 fully saturated rings. The van der Waals surface area contributed by atoms with E-state index in [-0.39, 0.29) is 10.5 Å². The Labute approximate surface area is 111 Å². The lowest BCUT2D eigenvalue weighted by atomic mass is 10.2. The van der Waals surface area contributed by atoms with E-state index in [1.54, 1.807) is 6.92 Å². The molecule has 0 aliphatic heterocycles. The Kier molecular flexibility index (Phi) is 4.66. The Bertz CT molecular complexity index is 594. The Hall–Kier alpha value is -1.89. The third-order valence-electron chi connectivity index (χ3n) is 2.60. The average molecular weight is 285 g/mol. The maximum atomic E-state index is 12.2. The fourth-order valence-electron chi connectivity index (χ4n) is 1.47. The summed E-state index contributed by atoms with van der Waals surface area (Å²) in [6, 6.07) is 4.95. The van der Waals surface area contributed by atoms with Crippen LogP contribution in [0.3, 0.4) is 0 Å². The first-order valence-corrected chi connectivity index (χ1v) is 7.20. The van der Waals surface area contributed by atoms with Crippen molar-refractivity contribution in [3.05, 3.63) is 29.8 Å². The number of amides is 1. The number of hydrogen-bond donors (Lipinski definition) is 2. The monoisotopic (exact) mass is 285 g/mol. The van der Waals surface area contributed by atoms with Gasteiger partial charge in [-0.25, -0.2) is 13.2 Å². The van der Waals surface area contributed by atoms with Crippen LogP contribution in [0.25, 0.3) is 0 Å². The van der Waals surface area contributed by atoms with E-state index < -0.39 is 27.0 Å². The Morgan fingerprint density at radius 2 is 2.00 bits per heavy atom. The van der Waals surface area contributed by atoms with Gasteiger partial charge in [-0.1, -0.05) is 6.07 Å². The highest BCUT2D eigenvalue weighted by Crippen LogP contribution is 2.17. The third kappa shape index (κ3) is 3.31. The molecule has 0 bridgehead atoms. The molecule has 7 heteroatoms. The van der Waals surface area contributed by atoms with Gasteiger partial charge in [0.25, 0.3) is 0 Å². The minimum Gasteiger partial charge on any atom is -0.478 e. The van der Waals surface area contributed by atoms with Crippen LogP contribution in [0.2, 0.25) is 0 Å². The highest BCUT2D eigenvalue weighted by Gasteiger charge is 2.29. The fourth-order valence-corrected chi connectivity index (χ4v) is 2.80. The van der Waals surface area contributed by atoms with E-state index in [2.05, 4.69) is 5.32 Å². The first-order valence-electron chi connectivity index (χ1n) is 5.65. The number of carbonyl (C=O) groups is 2. The van der Waals surface area contributed by atoms with Crippen LogP contribution in [-0.4, -0.2) is 37.2 Å². The number of carbonyl (C=O) groups excluding carboxylic acids is 1. The average Bonchev–Trinajstić information content (AvgIpc) is 2.38. The number of nitrogens with one attached hydrogen (secondary N) is 1. The molecule has 1 amide bonds. The molecule has 1 aromatic rings. The van der Waals surface area contributed by atoms with Crippen LogP contribution in [0.15, 0.2) is 29.2 Å². The van der Waals surface area contributed by atoms with Gasteiger partial charge in [-0.3, -0.25) is 4.79 Å². The van der Waals surface area contributed by atoms with Crippen LogP contribution in [-0.2, 0) is 14.6 Å². The van der Waals surface area contributed by atoms with Crippen molar-refractivity contribution in [2.24, 2.45) is 0 Å². The second-order valence-corrected chi connectivity index (χ2v) is 6.18. The molecule has 2 N–H and O–H groups in total. The van der Waals surface area contributed by atoms with E-state index in [0.717, 1.165) is 6.07 Å². The van der Waals surface area contributed by atoms with Gasteiger partial charge in [0.05, 0.1) is 10.5 Å². The topological polar surface area (TPSA) is 101 Å². The smallest absolute Gasteiger partial charge is 0.335 e. The van der Waals surface area contributed by atoms with Crippen molar-refractivity contribution in [2.45, 2.75) is 24.0 Å². The van der Waals surface area contributed by atoms with E-state index in [4.69, 9.17) is 5.11 Å². The molecule has 0 saturated carbocycles. The molecule has 1 aromatic carbocycles. The van der Waals surface area contributed by atoms with Crippen molar-refractivity contribution in [3.63, 3.8) is 0 Å². The molecule has 1 unspecified atom stereocenters. The molecule has 0 spiro atoms. The molecule has 1 atom stereocenters. The van der Waals surface area contributed by atoms with E-state index >= 15 is 0 Å². The summed E-state index contributed by atoms with van der Waals surface area (Å²) in [5, 5.41) is 9.99. The molecule has 0 radical (unpaired) electrons. The summed E-state index contributed by atoms with van der Waals surface area (Å²) in [4.78, 5) is 22.2. The standard InChI is InChI=1S/C12H15NO5S/c1-3-13-11(14)8(2)19(17,18)10-6-4-5-9(7-10)12(15)16/h4-8H,3H2,1-2H3,(H,13,14)(H,15,16). The van der Waals surface area contributed by atoms with Crippen molar-refractivity contribution < 1.29 is 23.1 Å². The summed E-state index contributed by atoms with van der Waals surface area (Å²) in [7, 11) is -3.89. The van der Waals surface area contributed by atoms with E-state index in [0.29, 0.717) is 6.54 Å². The van der Waals surface area contributed by atoms with Crippen molar-refractivity contribution in [1.29, 1.82) is 0 Å². The second kappa shape index (κ2) is 5.83. The number of sulfone groups is 1. The lowest BCUT2D eigenvalue weighted by Crippen LogP contribution is -2.37. The zero-order valence-electron chi connectivity index (χ0n) is 10.6. The summed E-state index contributed by atoms with van der Waals surface area (Å²) in [6.07, 6.45) is 0. The summed E-state index contributed by atoms with van der Waals surface area (Å²) in [5.74, 6) is -1.83. The van der Waals surface area contributed by atoms with Gasteiger partial charge in [0.15, 0.2) is 9.84 Å². The lowest BCUT2D eigenvalue weighted by molar-refractivity contribution is -0.120. The van der Waals surface area contributed by atoms with Crippen molar-refractivity contribution in [3.8, 4) is 0 Å². The van der Waals surface area contributed by atoms with E-state index in [1.807, 2.05) is 0 Å². The normalized spacial score (nSPS) is 12.7. The number of aromatic carboxylic acids is 1. The van der Waals surface area contributed by atoms with Gasteiger partial charge < -0.3 is 10.4 Å². The number of carboxylic acid groups (broad SMARTS) is 1. The minimum atomic E-state index is -3.89. The molecule has 0 saturated heterocycles. The van der Waals surface area contributed by atoms with E-state index in [9.17, 15) is 18.0 Å². The molecule has 19 heavy (non-hydrogen) atoms. The molecule has 0 aliphatic rings. The van der Waals surface area contributed by atoms with Crippen LogP contribution < -0.4 is 5.32 Å². The van der Waals surface area contributed by atoms with Gasteiger partial charge in [0.2, 0.25) is 5.91 Å². The summed E-state index contributed by atoms with van der Waals surface area (Å²) < 4.78 is 24.3. The first-order chi connectivity index (χ1) is 8.80. The molecular formula is C12H15NO5S. The molecular weight excluding hydrogens is 270 g/mol. The Balaban J connectivity index is 3.16. The highest BCUT2D eigenvalue weighted by atomic mass is 32.2. The van der Waals surface area contributed by atoms with Crippen molar-refractivity contribution >= 4 is 21.7 Å². The maximum absolute atomic E-state index is 12.2. The minimum absolute atomic E-state index is 0.135. The number of hydrogen-bond acceptors (Lipinski definition) is 4. The highest BCUT2D eigenvalue weighted by molar-refractivity contribution is 7.92. The third-order valence-corrected chi connectivity index (χ3v) is 4.65. The van der Waals surface area contributed by atoms with Gasteiger partial charge in [0.1, 0.15) is 5.25 Å². The van der Waals surface area contributed by atoms with Crippen molar-refractivity contribution in [1.82, 2.24) is 5.32 Å². The quantitative estimate of drug-likeness (QED) is 0.828. The number of carboxylic acids is 1. The second-order valence-electron chi connectivity index (χ2n) is 3.91. The largest absolute Gasteiger partial charge is 0.478 e. The Morgan fingerprint density at radius 1 is 1.37 bits per heavy atom. The predicted molar refractivity (Wildman–Crippen MR) is 68.7 cm³/mol. The van der Waals surface area contributed by atoms with Gasteiger partial charge in [-0.05, 0) is 32.0 Å². The Morgan fingerprint density at radius 3 is 2.53 bits per heavy atom. The van der Waals surface area contributed by atoms with Crippen LogP contribution in [0.5, 0.6) is 0 Å². The van der Waals surface area contributed by atoms with Gasteiger partial charge in [-0.15, -0.1) is 0 Å². The molecule has 0 aromatic heterocycles. The first kappa shape index (κ1) is 15.2. The van der Waals surface area contributed by atoms with Crippen LogP contribution >= 0.6 is 0 Å². The molecule has 0 aliphatic carbocycles. The molecule has 6 nitrogen and oxygen atoms in total. The number of benzene rings is 1. The zero-order valence-corrected chi connectivity index (χ0v) is 11.4. The van der Waals surface area contributed by atoms with Crippen LogP contribution in [0.4, 0.5) is 0 Å². The van der Waals surface area contributed by atoms with Crippen LogP contribution in [0, 0.1) is 0 Å².